The third kappa shape index (κ3) is 5.52. The third-order valence-electron chi connectivity index (χ3n) is 1.76. The molecule has 0 aliphatic rings. The Hall–Kier alpha value is -0.590. The second-order valence-corrected chi connectivity index (χ2v) is 6.82. The molecule has 0 fully saturated rings. The zero-order chi connectivity index (χ0) is 14.0. The first kappa shape index (κ1) is 16.4. The normalized spacial score (nSPS) is 14.1. The monoisotopic (exact) mass is 354 g/mol. The molecular formula is C12H19IO4. The van der Waals surface area contributed by atoms with Gasteiger partial charge in [-0.3, -0.25) is 0 Å². The maximum atomic E-state index is 11.8. The van der Waals surface area contributed by atoms with E-state index in [1.54, 1.807) is 64.1 Å². The van der Waals surface area contributed by atoms with Crippen LogP contribution in [0.3, 0.4) is 0 Å². The third-order valence-corrected chi connectivity index (χ3v) is 2.74. The summed E-state index contributed by atoms with van der Waals surface area (Å²) >= 11 is 1.73. The van der Waals surface area contributed by atoms with Crippen LogP contribution in [0.2, 0.25) is 0 Å². The Balaban J connectivity index is 5.39. The number of carboxylic acids is 1. The fourth-order valence-corrected chi connectivity index (χ4v) is 2.32. The van der Waals surface area contributed by atoms with Gasteiger partial charge in [-0.2, -0.15) is 0 Å². The summed E-state index contributed by atoms with van der Waals surface area (Å²) in [5.41, 5.74) is -1.17. The molecule has 1 N–H and O–H groups in total. The molecule has 0 saturated heterocycles. The molecule has 0 heterocycles. The molecule has 0 aromatic carbocycles. The van der Waals surface area contributed by atoms with E-state index in [0.29, 0.717) is 0 Å². The van der Waals surface area contributed by atoms with E-state index in [-0.39, 0.29) is 9.15 Å². The number of carboxylic acid groups (broad SMARTS) is 1. The van der Waals surface area contributed by atoms with Crippen molar-refractivity contribution in [3.05, 3.63) is 9.15 Å². The summed E-state index contributed by atoms with van der Waals surface area (Å²) in [5.74, 6) is -1.68. The highest BCUT2D eigenvalue weighted by Gasteiger charge is 2.31. The first-order valence-electron chi connectivity index (χ1n) is 5.23. The van der Waals surface area contributed by atoms with Crippen LogP contribution in [-0.4, -0.2) is 22.6 Å². The Morgan fingerprint density at radius 1 is 1.06 bits per heavy atom. The van der Waals surface area contributed by atoms with E-state index in [4.69, 9.17) is 9.84 Å². The Bertz CT molecular complexity index is 356. The van der Waals surface area contributed by atoms with E-state index in [1.165, 1.54) is 0 Å². The molecule has 0 rings (SSSR count). The predicted octanol–water partition coefficient (Wildman–Crippen LogP) is 3.15. The summed E-state index contributed by atoms with van der Waals surface area (Å²) in [4.78, 5) is 23.0. The minimum atomic E-state index is -1.09. The van der Waals surface area contributed by atoms with Gasteiger partial charge in [-0.1, -0.05) is 20.8 Å². The Labute approximate surface area is 116 Å². The van der Waals surface area contributed by atoms with Gasteiger partial charge in [-0.15, -0.1) is 0 Å². The van der Waals surface area contributed by atoms with Crippen LogP contribution in [0.25, 0.3) is 0 Å². The molecule has 0 atom stereocenters. The lowest BCUT2D eigenvalue weighted by Gasteiger charge is -2.23. The Morgan fingerprint density at radius 2 is 1.47 bits per heavy atom. The molecule has 98 valence electrons. The minimum Gasteiger partial charge on any atom is -0.478 e. The van der Waals surface area contributed by atoms with Gasteiger partial charge in [0.1, 0.15) is 9.18 Å². The number of carbonyl (C=O) groups excluding carboxylic acids is 1. The second-order valence-electron chi connectivity index (χ2n) is 5.75. The molecule has 0 spiro atoms. The van der Waals surface area contributed by atoms with Crippen LogP contribution in [-0.2, 0) is 14.3 Å². The smallest absolute Gasteiger partial charge is 0.345 e. The highest BCUT2D eigenvalue weighted by atomic mass is 127. The summed E-state index contributed by atoms with van der Waals surface area (Å²) in [7, 11) is 0. The van der Waals surface area contributed by atoms with E-state index in [0.717, 1.165) is 0 Å². The van der Waals surface area contributed by atoms with Crippen LogP contribution >= 0.6 is 22.6 Å². The number of carbonyl (C=O) groups is 2. The van der Waals surface area contributed by atoms with Crippen molar-refractivity contribution in [3.63, 3.8) is 0 Å². The average molecular weight is 354 g/mol. The topological polar surface area (TPSA) is 63.6 Å². The summed E-state index contributed by atoms with van der Waals surface area (Å²) in [6, 6.07) is 0. The van der Waals surface area contributed by atoms with Crippen molar-refractivity contribution >= 4 is 34.5 Å². The molecule has 5 heteroatoms. The molecule has 0 saturated carbocycles. The van der Waals surface area contributed by atoms with Crippen molar-refractivity contribution in [2.75, 3.05) is 0 Å². The molecule has 0 bridgehead atoms. The first-order chi connectivity index (χ1) is 7.36. The summed E-state index contributed by atoms with van der Waals surface area (Å²) in [6.07, 6.45) is 0. The molecule has 0 aromatic heterocycles. The molecule has 0 aromatic rings. The fraction of sp³-hybridized carbons (Fsp3) is 0.667. The van der Waals surface area contributed by atoms with Crippen molar-refractivity contribution in [2.24, 2.45) is 5.41 Å². The summed E-state index contributed by atoms with van der Waals surface area (Å²) < 4.78 is 5.28. The molecule has 0 unspecified atom stereocenters. The van der Waals surface area contributed by atoms with Crippen LogP contribution < -0.4 is 0 Å². The fourth-order valence-electron chi connectivity index (χ4n) is 1.17. The van der Waals surface area contributed by atoms with Crippen LogP contribution in [0.1, 0.15) is 41.5 Å². The van der Waals surface area contributed by atoms with Crippen LogP contribution in [0, 0.1) is 5.41 Å². The zero-order valence-electron chi connectivity index (χ0n) is 11.0. The molecule has 17 heavy (non-hydrogen) atoms. The summed E-state index contributed by atoms with van der Waals surface area (Å²) in [5, 5.41) is 9.16. The maximum absolute atomic E-state index is 11.8. The maximum Gasteiger partial charge on any atom is 0.345 e. The SMILES string of the molecule is CC(C)(C)OC(=O)C(I)=C(C(=O)O)C(C)(C)C. The molecule has 0 radical (unpaired) electrons. The number of esters is 1. The average Bonchev–Trinajstić information content (AvgIpc) is 1.96. The lowest BCUT2D eigenvalue weighted by atomic mass is 9.86. The van der Waals surface area contributed by atoms with E-state index in [2.05, 4.69) is 0 Å². The molecule has 4 nitrogen and oxygen atoms in total. The first-order valence-corrected chi connectivity index (χ1v) is 6.31. The van der Waals surface area contributed by atoms with Gasteiger partial charge in [0.15, 0.2) is 0 Å². The molecular weight excluding hydrogens is 335 g/mol. The minimum absolute atomic E-state index is 0.0763. The van der Waals surface area contributed by atoms with E-state index < -0.39 is 23.0 Å². The van der Waals surface area contributed by atoms with Crippen molar-refractivity contribution in [1.82, 2.24) is 0 Å². The van der Waals surface area contributed by atoms with E-state index in [1.807, 2.05) is 0 Å². The van der Waals surface area contributed by atoms with Crippen LogP contribution in [0.4, 0.5) is 0 Å². The van der Waals surface area contributed by atoms with Gasteiger partial charge in [0.05, 0.1) is 5.57 Å². The highest BCUT2D eigenvalue weighted by Crippen LogP contribution is 2.32. The lowest BCUT2D eigenvalue weighted by molar-refractivity contribution is -0.149. The molecule has 0 amide bonds. The zero-order valence-corrected chi connectivity index (χ0v) is 13.2. The number of aliphatic carboxylic acids is 1. The van der Waals surface area contributed by atoms with Gasteiger partial charge in [-0.25, -0.2) is 9.59 Å². The Morgan fingerprint density at radius 3 is 1.71 bits per heavy atom. The Kier molecular flexibility index (Phi) is 5.18. The predicted molar refractivity (Wildman–Crippen MR) is 74.0 cm³/mol. The van der Waals surface area contributed by atoms with Crippen molar-refractivity contribution in [1.29, 1.82) is 0 Å². The number of hydrogen-bond donors (Lipinski definition) is 1. The highest BCUT2D eigenvalue weighted by molar-refractivity contribution is 14.1. The quantitative estimate of drug-likeness (QED) is 0.470. The largest absolute Gasteiger partial charge is 0.478 e. The number of rotatable bonds is 2. The van der Waals surface area contributed by atoms with Gasteiger partial charge in [0.25, 0.3) is 0 Å². The van der Waals surface area contributed by atoms with Gasteiger partial charge >= 0.3 is 11.9 Å². The number of halogens is 1. The van der Waals surface area contributed by atoms with Crippen LogP contribution in [0.5, 0.6) is 0 Å². The molecule has 0 aliphatic heterocycles. The van der Waals surface area contributed by atoms with Gasteiger partial charge in [-0.05, 0) is 48.8 Å². The number of hydrogen-bond acceptors (Lipinski definition) is 3. The van der Waals surface area contributed by atoms with Crippen LogP contribution in [0.15, 0.2) is 9.15 Å². The standard InChI is InChI=1S/C12H19IO4/c1-11(2,3)7(9(14)15)8(13)10(16)17-12(4,5)6/h1-6H3,(H,14,15). The van der Waals surface area contributed by atoms with Crippen molar-refractivity contribution in [2.45, 2.75) is 47.1 Å². The van der Waals surface area contributed by atoms with Crippen molar-refractivity contribution < 1.29 is 19.4 Å². The summed E-state index contributed by atoms with van der Waals surface area (Å²) in [6.45, 7) is 10.5. The number of ether oxygens (including phenoxy) is 1. The van der Waals surface area contributed by atoms with Gasteiger partial charge < -0.3 is 9.84 Å². The van der Waals surface area contributed by atoms with E-state index >= 15 is 0 Å². The van der Waals surface area contributed by atoms with Crippen molar-refractivity contribution in [3.8, 4) is 0 Å². The molecule has 0 aliphatic carbocycles. The van der Waals surface area contributed by atoms with Gasteiger partial charge in [0, 0.05) is 0 Å². The van der Waals surface area contributed by atoms with E-state index in [9.17, 15) is 9.59 Å². The van der Waals surface area contributed by atoms with Gasteiger partial charge in [0.2, 0.25) is 0 Å². The lowest BCUT2D eigenvalue weighted by Crippen LogP contribution is -2.27. The second kappa shape index (κ2) is 5.37.